The Morgan fingerprint density at radius 1 is 1.23 bits per heavy atom. The standard InChI is InChI=1S/C20H15F4N5O2/c21-16-6-3-13(7-15(16)11-8-26-10-27-9-11)19(17(30)28-18(25)29-19)12-1-4-14(5-2-12)31-20(22,23)24/h1,3-10,12H,2H2,(H3,25,28,29,30). The number of rotatable bonds is 4. The number of nitrogens with one attached hydrogen (secondary N) is 1. The van der Waals surface area contributed by atoms with Gasteiger partial charge in [0.05, 0.1) is 0 Å². The third kappa shape index (κ3) is 3.86. The summed E-state index contributed by atoms with van der Waals surface area (Å²) in [4.78, 5) is 25.0. The number of alkyl halides is 3. The molecule has 11 heteroatoms. The number of aromatic nitrogens is 2. The molecule has 2 atom stereocenters. The molecule has 3 N–H and O–H groups in total. The molecule has 1 amide bonds. The number of benzene rings is 1. The van der Waals surface area contributed by atoms with E-state index in [0.29, 0.717) is 11.1 Å². The Hall–Kier alpha value is -3.76. The molecule has 31 heavy (non-hydrogen) atoms. The summed E-state index contributed by atoms with van der Waals surface area (Å²) < 4.78 is 55.9. The number of ether oxygens (including phenoxy) is 1. The molecule has 1 aliphatic carbocycles. The number of halogens is 4. The van der Waals surface area contributed by atoms with Gasteiger partial charge in [-0.15, -0.1) is 13.2 Å². The Labute approximate surface area is 173 Å². The van der Waals surface area contributed by atoms with Crippen LogP contribution in [0.4, 0.5) is 17.6 Å². The molecule has 0 spiro atoms. The first-order valence-electron chi connectivity index (χ1n) is 9.05. The molecule has 0 radical (unpaired) electrons. The second-order valence-corrected chi connectivity index (χ2v) is 6.89. The number of carbonyl (C=O) groups excluding carboxylic acids is 1. The maximum absolute atomic E-state index is 14.5. The zero-order valence-electron chi connectivity index (χ0n) is 15.7. The maximum atomic E-state index is 14.5. The smallest absolute Gasteiger partial charge is 0.406 e. The van der Waals surface area contributed by atoms with E-state index >= 15 is 0 Å². The molecule has 1 aromatic carbocycles. The molecular formula is C20H15F4N5O2. The van der Waals surface area contributed by atoms with Crippen molar-refractivity contribution in [3.05, 3.63) is 72.3 Å². The van der Waals surface area contributed by atoms with Crippen molar-refractivity contribution < 1.29 is 27.1 Å². The lowest BCUT2D eigenvalue weighted by Gasteiger charge is -2.32. The molecule has 2 aromatic rings. The summed E-state index contributed by atoms with van der Waals surface area (Å²) in [6.07, 6.45) is 3.03. The van der Waals surface area contributed by atoms with Gasteiger partial charge in [-0.25, -0.2) is 19.4 Å². The number of carbonyl (C=O) groups is 1. The van der Waals surface area contributed by atoms with Gasteiger partial charge in [0, 0.05) is 29.4 Å². The zero-order chi connectivity index (χ0) is 22.2. The predicted octanol–water partition coefficient (Wildman–Crippen LogP) is 2.92. The van der Waals surface area contributed by atoms with Gasteiger partial charge in [0.2, 0.25) is 0 Å². The molecule has 160 valence electrons. The van der Waals surface area contributed by atoms with Crippen LogP contribution < -0.4 is 11.1 Å². The third-order valence-electron chi connectivity index (χ3n) is 5.00. The van der Waals surface area contributed by atoms with Crippen LogP contribution in [0, 0.1) is 11.7 Å². The quantitative estimate of drug-likeness (QED) is 0.722. The minimum Gasteiger partial charge on any atom is -0.406 e. The lowest BCUT2D eigenvalue weighted by Crippen LogP contribution is -2.43. The topological polar surface area (TPSA) is 102 Å². The lowest BCUT2D eigenvalue weighted by molar-refractivity contribution is -0.303. The Kier molecular flexibility index (Phi) is 4.96. The zero-order valence-corrected chi connectivity index (χ0v) is 15.7. The number of nitrogens with two attached hydrogens (primary N) is 1. The van der Waals surface area contributed by atoms with Crippen LogP contribution >= 0.6 is 0 Å². The van der Waals surface area contributed by atoms with Crippen LogP contribution in [0.1, 0.15) is 12.0 Å². The molecular weight excluding hydrogens is 418 g/mol. The minimum atomic E-state index is -4.84. The molecule has 2 heterocycles. The number of nitrogens with zero attached hydrogens (tertiary/aromatic N) is 3. The molecule has 4 rings (SSSR count). The van der Waals surface area contributed by atoms with Gasteiger partial charge in [0.15, 0.2) is 11.5 Å². The highest BCUT2D eigenvalue weighted by atomic mass is 19.4. The first-order valence-corrected chi connectivity index (χ1v) is 9.05. The van der Waals surface area contributed by atoms with Gasteiger partial charge < -0.3 is 10.5 Å². The van der Waals surface area contributed by atoms with E-state index in [1.54, 1.807) is 0 Å². The average molecular weight is 433 g/mol. The molecule has 1 aliphatic heterocycles. The normalized spacial score (nSPS) is 23.2. The number of guanidine groups is 1. The van der Waals surface area contributed by atoms with Crippen molar-refractivity contribution in [2.24, 2.45) is 16.6 Å². The van der Waals surface area contributed by atoms with Crippen molar-refractivity contribution in [2.45, 2.75) is 18.3 Å². The molecule has 2 unspecified atom stereocenters. The van der Waals surface area contributed by atoms with Crippen molar-refractivity contribution in [3.63, 3.8) is 0 Å². The highest BCUT2D eigenvalue weighted by molar-refractivity contribution is 6.07. The summed E-state index contributed by atoms with van der Waals surface area (Å²) in [5.41, 5.74) is 4.98. The summed E-state index contributed by atoms with van der Waals surface area (Å²) in [5, 5.41) is 2.43. The van der Waals surface area contributed by atoms with Gasteiger partial charge in [-0.05, 0) is 36.3 Å². The monoisotopic (exact) mass is 433 g/mol. The van der Waals surface area contributed by atoms with Crippen molar-refractivity contribution in [1.82, 2.24) is 15.3 Å². The Morgan fingerprint density at radius 2 is 1.97 bits per heavy atom. The number of hydrogen-bond donors (Lipinski definition) is 2. The number of aliphatic imine (C=N–C) groups is 1. The fourth-order valence-electron chi connectivity index (χ4n) is 3.68. The van der Waals surface area contributed by atoms with Crippen molar-refractivity contribution in [2.75, 3.05) is 0 Å². The van der Waals surface area contributed by atoms with Gasteiger partial charge in [-0.2, -0.15) is 0 Å². The van der Waals surface area contributed by atoms with Crippen LogP contribution in [-0.4, -0.2) is 28.2 Å². The molecule has 0 bridgehead atoms. The first-order chi connectivity index (χ1) is 14.7. The summed E-state index contributed by atoms with van der Waals surface area (Å²) in [7, 11) is 0. The second kappa shape index (κ2) is 7.49. The molecule has 0 saturated heterocycles. The van der Waals surface area contributed by atoms with Crippen molar-refractivity contribution in [3.8, 4) is 11.1 Å². The first kappa shape index (κ1) is 20.5. The van der Waals surface area contributed by atoms with E-state index in [2.05, 4.69) is 25.0 Å². The minimum absolute atomic E-state index is 0.00721. The number of hydrogen-bond acceptors (Lipinski definition) is 6. The van der Waals surface area contributed by atoms with Gasteiger partial charge in [-0.1, -0.05) is 12.1 Å². The highest BCUT2D eigenvalue weighted by Crippen LogP contribution is 2.43. The van der Waals surface area contributed by atoms with Crippen LogP contribution in [0.5, 0.6) is 0 Å². The van der Waals surface area contributed by atoms with E-state index in [9.17, 15) is 22.4 Å². The average Bonchev–Trinajstić information content (AvgIpc) is 3.03. The number of allylic oxidation sites excluding steroid dienone is 2. The van der Waals surface area contributed by atoms with Crippen LogP contribution in [-0.2, 0) is 15.1 Å². The largest absolute Gasteiger partial charge is 0.573 e. The SMILES string of the molecule is NC1=NC(c2ccc(F)c(-c3cncnc3)c2)(C2C=CC(OC(F)(F)F)=CC2)C(=O)N1. The Bertz CT molecular complexity index is 1110. The van der Waals surface area contributed by atoms with Crippen molar-refractivity contribution in [1.29, 1.82) is 0 Å². The maximum Gasteiger partial charge on any atom is 0.573 e. The number of amides is 1. The van der Waals surface area contributed by atoms with E-state index in [0.717, 1.165) is 6.08 Å². The Balaban J connectivity index is 1.76. The van der Waals surface area contributed by atoms with E-state index < -0.39 is 35.3 Å². The third-order valence-corrected chi connectivity index (χ3v) is 5.00. The fraction of sp³-hybridized carbons (Fsp3) is 0.200. The van der Waals surface area contributed by atoms with Gasteiger partial charge in [0.1, 0.15) is 17.9 Å². The fourth-order valence-corrected chi connectivity index (χ4v) is 3.68. The van der Waals surface area contributed by atoms with Crippen LogP contribution in [0.15, 0.2) is 65.9 Å². The molecule has 7 nitrogen and oxygen atoms in total. The molecule has 0 saturated carbocycles. The van der Waals surface area contributed by atoms with Crippen LogP contribution in [0.25, 0.3) is 11.1 Å². The van der Waals surface area contributed by atoms with E-state index in [1.807, 2.05) is 0 Å². The molecule has 2 aliphatic rings. The molecule has 0 fully saturated rings. The van der Waals surface area contributed by atoms with Crippen LogP contribution in [0.2, 0.25) is 0 Å². The lowest BCUT2D eigenvalue weighted by atomic mass is 9.74. The Morgan fingerprint density at radius 3 is 2.55 bits per heavy atom. The summed E-state index contributed by atoms with van der Waals surface area (Å²) >= 11 is 0. The van der Waals surface area contributed by atoms with E-state index in [4.69, 9.17) is 5.73 Å². The van der Waals surface area contributed by atoms with E-state index in [1.165, 1.54) is 49.1 Å². The highest BCUT2D eigenvalue weighted by Gasteiger charge is 2.50. The summed E-state index contributed by atoms with van der Waals surface area (Å²) in [5.74, 6) is -2.37. The van der Waals surface area contributed by atoms with Crippen LogP contribution in [0.3, 0.4) is 0 Å². The van der Waals surface area contributed by atoms with Crippen molar-refractivity contribution >= 4 is 11.9 Å². The van der Waals surface area contributed by atoms with Gasteiger partial charge in [-0.3, -0.25) is 10.1 Å². The summed E-state index contributed by atoms with van der Waals surface area (Å²) in [6.45, 7) is 0. The molecule has 1 aromatic heterocycles. The van der Waals surface area contributed by atoms with Gasteiger partial charge >= 0.3 is 6.36 Å². The van der Waals surface area contributed by atoms with E-state index in [-0.39, 0.29) is 17.9 Å². The predicted molar refractivity (Wildman–Crippen MR) is 101 cm³/mol. The summed E-state index contributed by atoms with van der Waals surface area (Å²) in [6, 6.07) is 4.01. The van der Waals surface area contributed by atoms with Gasteiger partial charge in [0.25, 0.3) is 5.91 Å². The second-order valence-electron chi connectivity index (χ2n) is 6.89.